The molecule has 1 fully saturated rings. The van der Waals surface area contributed by atoms with Gasteiger partial charge in [0.2, 0.25) is 0 Å². The van der Waals surface area contributed by atoms with Crippen LogP contribution in [-0.2, 0) is 0 Å². The SMILES string of the molecule is Cc1nc(C)n(C2CCCCCC2O)n1. The standard InChI is InChI=1S/C11H19N3O/c1-8-12-9(2)14(13-8)10-6-4-3-5-7-11(10)15/h10-11,15H,3-7H2,1-2H3. The van der Waals surface area contributed by atoms with Crippen molar-refractivity contribution in [1.82, 2.24) is 14.8 Å². The number of aryl methyl sites for hydroxylation is 2. The van der Waals surface area contributed by atoms with Crippen LogP contribution in [0.25, 0.3) is 0 Å². The molecule has 0 radical (unpaired) electrons. The van der Waals surface area contributed by atoms with Crippen molar-refractivity contribution < 1.29 is 5.11 Å². The maximum atomic E-state index is 10.0. The fourth-order valence-corrected chi connectivity index (χ4v) is 2.40. The van der Waals surface area contributed by atoms with Crippen LogP contribution < -0.4 is 0 Å². The predicted octanol–water partition coefficient (Wildman–Crippen LogP) is 1.76. The van der Waals surface area contributed by atoms with E-state index in [1.54, 1.807) is 0 Å². The largest absolute Gasteiger partial charge is 0.391 e. The second kappa shape index (κ2) is 4.31. The molecular weight excluding hydrogens is 190 g/mol. The van der Waals surface area contributed by atoms with Gasteiger partial charge in [0.1, 0.15) is 11.6 Å². The first-order chi connectivity index (χ1) is 7.18. The molecule has 1 aromatic rings. The van der Waals surface area contributed by atoms with E-state index in [2.05, 4.69) is 10.1 Å². The highest BCUT2D eigenvalue weighted by Gasteiger charge is 2.25. The summed E-state index contributed by atoms with van der Waals surface area (Å²) in [4.78, 5) is 4.29. The molecule has 2 rings (SSSR count). The summed E-state index contributed by atoms with van der Waals surface area (Å²) in [5.74, 6) is 1.71. The predicted molar refractivity (Wildman–Crippen MR) is 57.6 cm³/mol. The molecule has 2 unspecified atom stereocenters. The summed E-state index contributed by atoms with van der Waals surface area (Å²) >= 11 is 0. The number of nitrogens with zero attached hydrogens (tertiary/aromatic N) is 3. The van der Waals surface area contributed by atoms with Crippen LogP contribution in [0.5, 0.6) is 0 Å². The quantitative estimate of drug-likeness (QED) is 0.717. The number of aliphatic hydroxyl groups excluding tert-OH is 1. The molecule has 0 aromatic carbocycles. The Kier molecular flexibility index (Phi) is 3.05. The van der Waals surface area contributed by atoms with Crippen LogP contribution in [0.2, 0.25) is 0 Å². The summed E-state index contributed by atoms with van der Waals surface area (Å²) in [6.45, 7) is 3.85. The lowest BCUT2D eigenvalue weighted by molar-refractivity contribution is 0.0976. The van der Waals surface area contributed by atoms with Crippen molar-refractivity contribution in [3.8, 4) is 0 Å². The number of aliphatic hydroxyl groups is 1. The highest BCUT2D eigenvalue weighted by atomic mass is 16.3. The maximum absolute atomic E-state index is 10.0. The molecule has 4 heteroatoms. The van der Waals surface area contributed by atoms with E-state index in [0.717, 1.165) is 30.9 Å². The molecule has 1 aromatic heterocycles. The Balaban J connectivity index is 2.23. The first kappa shape index (κ1) is 10.6. The Bertz CT molecular complexity index is 335. The van der Waals surface area contributed by atoms with Crippen molar-refractivity contribution in [2.45, 2.75) is 58.1 Å². The van der Waals surface area contributed by atoms with Gasteiger partial charge in [-0.1, -0.05) is 19.3 Å². The Morgan fingerprint density at radius 2 is 1.93 bits per heavy atom. The molecule has 0 bridgehead atoms. The van der Waals surface area contributed by atoms with Gasteiger partial charge in [-0.3, -0.25) is 0 Å². The van der Waals surface area contributed by atoms with Crippen molar-refractivity contribution in [2.24, 2.45) is 0 Å². The molecule has 4 nitrogen and oxygen atoms in total. The van der Waals surface area contributed by atoms with Crippen LogP contribution in [0.3, 0.4) is 0 Å². The highest BCUT2D eigenvalue weighted by Crippen LogP contribution is 2.27. The van der Waals surface area contributed by atoms with E-state index in [1.165, 1.54) is 12.8 Å². The third-order valence-corrected chi connectivity index (χ3v) is 3.17. The van der Waals surface area contributed by atoms with Crippen molar-refractivity contribution in [3.05, 3.63) is 11.6 Å². The first-order valence-corrected chi connectivity index (χ1v) is 5.76. The lowest BCUT2D eigenvalue weighted by Gasteiger charge is -2.21. The fraction of sp³-hybridized carbons (Fsp3) is 0.818. The molecule has 2 atom stereocenters. The maximum Gasteiger partial charge on any atom is 0.147 e. The molecule has 1 N–H and O–H groups in total. The minimum absolute atomic E-state index is 0.133. The Morgan fingerprint density at radius 3 is 2.60 bits per heavy atom. The number of hydrogen-bond acceptors (Lipinski definition) is 3. The van der Waals surface area contributed by atoms with Gasteiger partial charge >= 0.3 is 0 Å². The van der Waals surface area contributed by atoms with Gasteiger partial charge in [-0.25, -0.2) is 9.67 Å². The first-order valence-electron chi connectivity index (χ1n) is 5.76. The molecule has 0 saturated heterocycles. The lowest BCUT2D eigenvalue weighted by Crippen LogP contribution is -2.24. The number of rotatable bonds is 1. The van der Waals surface area contributed by atoms with Gasteiger partial charge in [-0.2, -0.15) is 5.10 Å². The Hall–Kier alpha value is -0.900. The molecule has 0 spiro atoms. The van der Waals surface area contributed by atoms with E-state index in [9.17, 15) is 5.11 Å². The number of aromatic nitrogens is 3. The summed E-state index contributed by atoms with van der Waals surface area (Å²) in [7, 11) is 0. The smallest absolute Gasteiger partial charge is 0.147 e. The summed E-state index contributed by atoms with van der Waals surface area (Å²) < 4.78 is 1.91. The average Bonchev–Trinajstić information content (AvgIpc) is 2.39. The summed E-state index contributed by atoms with van der Waals surface area (Å²) in [6.07, 6.45) is 5.19. The molecule has 0 aliphatic heterocycles. The molecule has 84 valence electrons. The Morgan fingerprint density at radius 1 is 1.20 bits per heavy atom. The van der Waals surface area contributed by atoms with E-state index in [1.807, 2.05) is 18.5 Å². The third-order valence-electron chi connectivity index (χ3n) is 3.17. The van der Waals surface area contributed by atoms with E-state index < -0.39 is 0 Å². The van der Waals surface area contributed by atoms with Gasteiger partial charge in [0.15, 0.2) is 0 Å². The zero-order chi connectivity index (χ0) is 10.8. The van der Waals surface area contributed by atoms with Crippen LogP contribution in [0.15, 0.2) is 0 Å². The Labute approximate surface area is 90.3 Å². The van der Waals surface area contributed by atoms with Crippen LogP contribution >= 0.6 is 0 Å². The zero-order valence-corrected chi connectivity index (χ0v) is 9.48. The fourth-order valence-electron chi connectivity index (χ4n) is 2.40. The zero-order valence-electron chi connectivity index (χ0n) is 9.48. The summed E-state index contributed by atoms with van der Waals surface area (Å²) in [5, 5.41) is 14.4. The van der Waals surface area contributed by atoms with E-state index in [0.29, 0.717) is 0 Å². The molecule has 1 aliphatic rings. The number of hydrogen-bond donors (Lipinski definition) is 1. The molecule has 1 heterocycles. The second-order valence-electron chi connectivity index (χ2n) is 4.42. The van der Waals surface area contributed by atoms with Gasteiger partial charge < -0.3 is 5.11 Å². The lowest BCUT2D eigenvalue weighted by atomic mass is 10.1. The van der Waals surface area contributed by atoms with Gasteiger partial charge in [0, 0.05) is 0 Å². The van der Waals surface area contributed by atoms with Crippen LogP contribution in [0.1, 0.15) is 49.8 Å². The van der Waals surface area contributed by atoms with Crippen molar-refractivity contribution >= 4 is 0 Å². The minimum atomic E-state index is -0.257. The van der Waals surface area contributed by atoms with Crippen LogP contribution in [-0.4, -0.2) is 26.0 Å². The van der Waals surface area contributed by atoms with Gasteiger partial charge in [-0.05, 0) is 26.7 Å². The third kappa shape index (κ3) is 2.20. The second-order valence-corrected chi connectivity index (χ2v) is 4.42. The van der Waals surface area contributed by atoms with Crippen molar-refractivity contribution in [3.63, 3.8) is 0 Å². The van der Waals surface area contributed by atoms with E-state index in [4.69, 9.17) is 0 Å². The van der Waals surface area contributed by atoms with Crippen molar-refractivity contribution in [2.75, 3.05) is 0 Å². The summed E-state index contributed by atoms with van der Waals surface area (Å²) in [5.41, 5.74) is 0. The topological polar surface area (TPSA) is 50.9 Å². The molecule has 15 heavy (non-hydrogen) atoms. The van der Waals surface area contributed by atoms with Crippen molar-refractivity contribution in [1.29, 1.82) is 0 Å². The molecular formula is C11H19N3O. The highest BCUT2D eigenvalue weighted by molar-refractivity contribution is 4.92. The average molecular weight is 209 g/mol. The van der Waals surface area contributed by atoms with Crippen LogP contribution in [0, 0.1) is 13.8 Å². The van der Waals surface area contributed by atoms with Crippen LogP contribution in [0.4, 0.5) is 0 Å². The molecule has 1 saturated carbocycles. The normalized spacial score (nSPS) is 27.7. The molecule has 1 aliphatic carbocycles. The monoisotopic (exact) mass is 209 g/mol. The minimum Gasteiger partial charge on any atom is -0.391 e. The molecule has 0 amide bonds. The summed E-state index contributed by atoms with van der Waals surface area (Å²) in [6, 6.07) is 0.133. The van der Waals surface area contributed by atoms with Gasteiger partial charge in [0.05, 0.1) is 12.1 Å². The van der Waals surface area contributed by atoms with Gasteiger partial charge in [-0.15, -0.1) is 0 Å². The van der Waals surface area contributed by atoms with E-state index >= 15 is 0 Å². The van der Waals surface area contributed by atoms with Gasteiger partial charge in [0.25, 0.3) is 0 Å². The van der Waals surface area contributed by atoms with E-state index in [-0.39, 0.29) is 12.1 Å².